The third-order valence-electron chi connectivity index (χ3n) is 4.47. The van der Waals surface area contributed by atoms with Crippen LogP contribution >= 0.6 is 0 Å². The van der Waals surface area contributed by atoms with E-state index in [0.717, 1.165) is 37.5 Å². The molecule has 1 fully saturated rings. The van der Waals surface area contributed by atoms with E-state index < -0.39 is 0 Å². The van der Waals surface area contributed by atoms with Gasteiger partial charge in [-0.25, -0.2) is 0 Å². The van der Waals surface area contributed by atoms with Crippen molar-refractivity contribution in [3.63, 3.8) is 0 Å². The van der Waals surface area contributed by atoms with Gasteiger partial charge in [0.1, 0.15) is 0 Å². The van der Waals surface area contributed by atoms with E-state index in [1.165, 1.54) is 5.56 Å². The van der Waals surface area contributed by atoms with Gasteiger partial charge in [-0.3, -0.25) is 9.58 Å². The Balaban J connectivity index is 1.75. The molecule has 3 rings (SSSR count). The molecule has 2 aromatic rings. The fraction of sp³-hybridized carbons (Fsp3) is 0.667. The lowest BCUT2D eigenvalue weighted by atomic mass is 9.90. The van der Waals surface area contributed by atoms with Gasteiger partial charge in [-0.2, -0.15) is 5.10 Å². The number of aryl methyl sites for hydroxylation is 3. The average Bonchev–Trinajstić information content (AvgIpc) is 2.98. The number of likely N-dealkylation sites (tertiary alicyclic amines) is 1. The Labute approximate surface area is 125 Å². The largest absolute Gasteiger partial charge is 0.425 e. The number of piperidine rings is 1. The Morgan fingerprint density at radius 3 is 2.76 bits per heavy atom. The van der Waals surface area contributed by atoms with Crippen molar-refractivity contribution in [3.05, 3.63) is 29.2 Å². The van der Waals surface area contributed by atoms with Crippen molar-refractivity contribution in [3.8, 4) is 0 Å². The summed E-state index contributed by atoms with van der Waals surface area (Å²) < 4.78 is 7.54. The highest BCUT2D eigenvalue weighted by Crippen LogP contribution is 2.32. The van der Waals surface area contributed by atoms with Crippen LogP contribution in [0.4, 0.5) is 0 Å². The first-order valence-corrected chi connectivity index (χ1v) is 7.57. The van der Waals surface area contributed by atoms with Crippen LogP contribution in [-0.2, 0) is 13.6 Å². The fourth-order valence-corrected chi connectivity index (χ4v) is 3.25. The second kappa shape index (κ2) is 5.60. The van der Waals surface area contributed by atoms with Crippen LogP contribution < -0.4 is 0 Å². The monoisotopic (exact) mass is 289 g/mol. The third kappa shape index (κ3) is 2.85. The van der Waals surface area contributed by atoms with Crippen molar-refractivity contribution in [1.82, 2.24) is 24.9 Å². The molecule has 2 aromatic heterocycles. The van der Waals surface area contributed by atoms with Gasteiger partial charge in [0.25, 0.3) is 0 Å². The molecule has 0 N–H and O–H groups in total. The summed E-state index contributed by atoms with van der Waals surface area (Å²) in [7, 11) is 1.97. The molecular formula is C15H23N5O. The highest BCUT2D eigenvalue weighted by molar-refractivity contribution is 5.15. The zero-order valence-corrected chi connectivity index (χ0v) is 13.2. The standard InChI is InChI=1S/C15H23N5O/c1-10-13(8-19(4)18-10)9-20-7-5-6-14(11(20)2)15-17-16-12(3)21-15/h8,11,14H,5-7,9H2,1-4H3/t11-,14-/m0/s1. The van der Waals surface area contributed by atoms with Crippen LogP contribution in [0.3, 0.4) is 0 Å². The van der Waals surface area contributed by atoms with Gasteiger partial charge in [0.2, 0.25) is 11.8 Å². The molecule has 0 amide bonds. The lowest BCUT2D eigenvalue weighted by Gasteiger charge is -2.37. The van der Waals surface area contributed by atoms with Gasteiger partial charge in [0.05, 0.1) is 11.6 Å². The molecule has 1 aliphatic rings. The molecule has 2 atom stereocenters. The topological polar surface area (TPSA) is 60.0 Å². The molecular weight excluding hydrogens is 266 g/mol. The van der Waals surface area contributed by atoms with Gasteiger partial charge in [-0.05, 0) is 33.2 Å². The zero-order chi connectivity index (χ0) is 15.0. The Kier molecular flexibility index (Phi) is 3.80. The average molecular weight is 289 g/mol. The molecule has 0 radical (unpaired) electrons. The molecule has 114 valence electrons. The lowest BCUT2D eigenvalue weighted by Crippen LogP contribution is -2.41. The summed E-state index contributed by atoms with van der Waals surface area (Å²) in [5.74, 6) is 1.77. The summed E-state index contributed by atoms with van der Waals surface area (Å²) in [6, 6.07) is 0.401. The molecule has 0 spiro atoms. The minimum atomic E-state index is 0.330. The van der Waals surface area contributed by atoms with Crippen molar-refractivity contribution in [2.45, 2.75) is 52.1 Å². The maximum absolute atomic E-state index is 5.65. The summed E-state index contributed by atoms with van der Waals surface area (Å²) in [5, 5.41) is 12.6. The van der Waals surface area contributed by atoms with Gasteiger partial charge in [0, 0.05) is 38.3 Å². The molecule has 0 bridgehead atoms. The first kappa shape index (κ1) is 14.3. The SMILES string of the molecule is Cc1nnc([C@H]2CCCN(Cc3cn(C)nc3C)[C@H]2C)o1. The third-order valence-corrected chi connectivity index (χ3v) is 4.47. The van der Waals surface area contributed by atoms with Crippen molar-refractivity contribution in [2.24, 2.45) is 7.05 Å². The number of aromatic nitrogens is 4. The van der Waals surface area contributed by atoms with Crippen molar-refractivity contribution in [1.29, 1.82) is 0 Å². The van der Waals surface area contributed by atoms with Crippen LogP contribution in [0.25, 0.3) is 0 Å². The van der Waals surface area contributed by atoms with Crippen LogP contribution in [0, 0.1) is 13.8 Å². The quantitative estimate of drug-likeness (QED) is 0.867. The van der Waals surface area contributed by atoms with Crippen molar-refractivity contribution >= 4 is 0 Å². The zero-order valence-electron chi connectivity index (χ0n) is 13.2. The summed E-state index contributed by atoms with van der Waals surface area (Å²) in [6.45, 7) is 8.22. The molecule has 0 saturated carbocycles. The number of hydrogen-bond acceptors (Lipinski definition) is 5. The van der Waals surface area contributed by atoms with Crippen molar-refractivity contribution in [2.75, 3.05) is 6.54 Å². The molecule has 0 unspecified atom stereocenters. The van der Waals surface area contributed by atoms with E-state index in [-0.39, 0.29) is 0 Å². The van der Waals surface area contributed by atoms with Crippen LogP contribution in [0.1, 0.15) is 48.7 Å². The van der Waals surface area contributed by atoms with Crippen LogP contribution in [0.5, 0.6) is 0 Å². The minimum absolute atomic E-state index is 0.330. The highest BCUT2D eigenvalue weighted by atomic mass is 16.4. The van der Waals surface area contributed by atoms with E-state index in [0.29, 0.717) is 17.9 Å². The Hall–Kier alpha value is -1.69. The van der Waals surface area contributed by atoms with Crippen LogP contribution in [0.2, 0.25) is 0 Å². The van der Waals surface area contributed by atoms with Gasteiger partial charge < -0.3 is 4.42 Å². The predicted molar refractivity (Wildman–Crippen MR) is 78.8 cm³/mol. The molecule has 21 heavy (non-hydrogen) atoms. The molecule has 1 saturated heterocycles. The Morgan fingerprint density at radius 2 is 2.14 bits per heavy atom. The normalized spacial score (nSPS) is 23.6. The lowest BCUT2D eigenvalue weighted by molar-refractivity contribution is 0.118. The van der Waals surface area contributed by atoms with E-state index in [4.69, 9.17) is 4.42 Å². The first-order chi connectivity index (χ1) is 10.0. The number of nitrogens with zero attached hydrogens (tertiary/aromatic N) is 5. The summed E-state index contributed by atoms with van der Waals surface area (Å²) in [5.41, 5.74) is 2.41. The molecule has 0 aliphatic carbocycles. The first-order valence-electron chi connectivity index (χ1n) is 7.57. The van der Waals surface area contributed by atoms with Crippen LogP contribution in [0.15, 0.2) is 10.6 Å². The van der Waals surface area contributed by atoms with Crippen molar-refractivity contribution < 1.29 is 4.42 Å². The second-order valence-corrected chi connectivity index (χ2v) is 6.03. The summed E-state index contributed by atoms with van der Waals surface area (Å²) in [4.78, 5) is 2.50. The summed E-state index contributed by atoms with van der Waals surface area (Å²) >= 11 is 0. The minimum Gasteiger partial charge on any atom is -0.425 e. The van der Waals surface area contributed by atoms with Gasteiger partial charge in [-0.1, -0.05) is 0 Å². The van der Waals surface area contributed by atoms with E-state index in [1.54, 1.807) is 0 Å². The summed E-state index contributed by atoms with van der Waals surface area (Å²) in [6.07, 6.45) is 4.39. The molecule has 1 aliphatic heterocycles. The fourth-order valence-electron chi connectivity index (χ4n) is 3.25. The molecule has 6 heteroatoms. The molecule has 6 nitrogen and oxygen atoms in total. The second-order valence-electron chi connectivity index (χ2n) is 6.03. The maximum atomic E-state index is 5.65. The molecule has 0 aromatic carbocycles. The van der Waals surface area contributed by atoms with E-state index in [9.17, 15) is 0 Å². The van der Waals surface area contributed by atoms with Gasteiger partial charge in [0.15, 0.2) is 0 Å². The van der Waals surface area contributed by atoms with Gasteiger partial charge >= 0.3 is 0 Å². The maximum Gasteiger partial charge on any atom is 0.221 e. The van der Waals surface area contributed by atoms with E-state index >= 15 is 0 Å². The number of hydrogen-bond donors (Lipinski definition) is 0. The molecule has 3 heterocycles. The van der Waals surface area contributed by atoms with E-state index in [2.05, 4.69) is 40.2 Å². The Morgan fingerprint density at radius 1 is 1.33 bits per heavy atom. The predicted octanol–water partition coefficient (Wildman–Crippen LogP) is 2.19. The van der Waals surface area contributed by atoms with Gasteiger partial charge in [-0.15, -0.1) is 10.2 Å². The number of rotatable bonds is 3. The Bertz CT molecular complexity index is 617. The van der Waals surface area contributed by atoms with Crippen LogP contribution in [-0.4, -0.2) is 37.5 Å². The highest BCUT2D eigenvalue weighted by Gasteiger charge is 2.32. The smallest absolute Gasteiger partial charge is 0.221 e. The van der Waals surface area contributed by atoms with E-state index in [1.807, 2.05) is 18.7 Å².